The van der Waals surface area contributed by atoms with Gasteiger partial charge in [-0.05, 0) is 41.5 Å². The lowest BCUT2D eigenvalue weighted by molar-refractivity contribution is -0.116. The molecule has 194 valence electrons. The van der Waals surface area contributed by atoms with Crippen LogP contribution in [0, 0.1) is 0 Å². The number of rotatable bonds is 6. The molecule has 0 spiro atoms. The number of benzene rings is 2. The van der Waals surface area contributed by atoms with Crippen molar-refractivity contribution in [3.63, 3.8) is 0 Å². The fourth-order valence-corrected chi connectivity index (χ4v) is 4.39. The third-order valence-electron chi connectivity index (χ3n) is 6.02. The second kappa shape index (κ2) is 11.4. The SMILES string of the molecule is Nc1ccc(C=CC(=O)NCc2cc3cc(OC(=O)N4CCOCC4c4ccccc4)cc(Cl)c3o2)cn1. The monoisotopic (exact) mass is 532 g/mol. The van der Waals surface area contributed by atoms with E-state index in [1.54, 1.807) is 41.4 Å². The van der Waals surface area contributed by atoms with Gasteiger partial charge >= 0.3 is 6.09 Å². The van der Waals surface area contributed by atoms with Gasteiger partial charge in [0.1, 0.15) is 17.3 Å². The summed E-state index contributed by atoms with van der Waals surface area (Å²) in [4.78, 5) is 30.9. The van der Waals surface area contributed by atoms with E-state index in [2.05, 4.69) is 10.3 Å². The largest absolute Gasteiger partial charge is 0.458 e. The van der Waals surface area contributed by atoms with E-state index in [0.29, 0.717) is 53.1 Å². The minimum Gasteiger partial charge on any atom is -0.458 e. The van der Waals surface area contributed by atoms with Crippen LogP contribution in [0.2, 0.25) is 5.02 Å². The summed E-state index contributed by atoms with van der Waals surface area (Å²) in [6.45, 7) is 1.38. The molecular formula is C28H25ClN4O5. The Balaban J connectivity index is 1.24. The summed E-state index contributed by atoms with van der Waals surface area (Å²) >= 11 is 6.43. The van der Waals surface area contributed by atoms with Crippen LogP contribution >= 0.6 is 11.6 Å². The van der Waals surface area contributed by atoms with Crippen molar-refractivity contribution in [2.75, 3.05) is 25.5 Å². The minimum absolute atomic E-state index is 0.149. The first-order valence-corrected chi connectivity index (χ1v) is 12.3. The molecule has 1 unspecified atom stereocenters. The molecule has 38 heavy (non-hydrogen) atoms. The van der Waals surface area contributed by atoms with Crippen LogP contribution in [0.3, 0.4) is 0 Å². The molecule has 1 aliphatic heterocycles. The molecule has 0 bridgehead atoms. The average Bonchev–Trinajstić information content (AvgIpc) is 3.36. The number of hydrogen-bond acceptors (Lipinski definition) is 7. The van der Waals surface area contributed by atoms with Crippen molar-refractivity contribution < 1.29 is 23.5 Å². The number of hydrogen-bond donors (Lipinski definition) is 2. The average molecular weight is 533 g/mol. The van der Waals surface area contributed by atoms with E-state index in [1.807, 2.05) is 30.3 Å². The molecule has 0 saturated carbocycles. The number of furan rings is 1. The molecule has 3 N–H and O–H groups in total. The quantitative estimate of drug-likeness (QED) is 0.336. The van der Waals surface area contributed by atoms with Crippen LogP contribution in [-0.4, -0.2) is 41.6 Å². The van der Waals surface area contributed by atoms with Gasteiger partial charge in [0.2, 0.25) is 5.91 Å². The molecule has 2 amide bonds. The number of halogens is 1. The number of carbonyl (C=O) groups is 2. The molecule has 2 aromatic carbocycles. The minimum atomic E-state index is -0.489. The zero-order chi connectivity index (χ0) is 26.5. The number of nitrogens with two attached hydrogens (primary N) is 1. The maximum atomic E-state index is 13.1. The molecule has 1 saturated heterocycles. The van der Waals surface area contributed by atoms with Gasteiger partial charge in [-0.25, -0.2) is 9.78 Å². The van der Waals surface area contributed by atoms with Crippen molar-refractivity contribution >= 4 is 46.5 Å². The first kappa shape index (κ1) is 25.3. The normalized spacial score (nSPS) is 15.6. The number of carbonyl (C=O) groups excluding carboxylic acids is 2. The Labute approximate surface area is 223 Å². The number of fused-ring (bicyclic) bond motifs is 1. The van der Waals surface area contributed by atoms with Gasteiger partial charge in [-0.1, -0.05) is 41.9 Å². The lowest BCUT2D eigenvalue weighted by Crippen LogP contribution is -2.44. The van der Waals surface area contributed by atoms with E-state index >= 15 is 0 Å². The second-order valence-electron chi connectivity index (χ2n) is 8.67. The highest BCUT2D eigenvalue weighted by Gasteiger charge is 2.30. The summed E-state index contributed by atoms with van der Waals surface area (Å²) in [5.41, 5.74) is 7.72. The topological polar surface area (TPSA) is 120 Å². The van der Waals surface area contributed by atoms with Crippen LogP contribution in [-0.2, 0) is 16.1 Å². The predicted molar refractivity (Wildman–Crippen MR) is 143 cm³/mol. The molecule has 9 nitrogen and oxygen atoms in total. The summed E-state index contributed by atoms with van der Waals surface area (Å²) in [5, 5.41) is 3.70. The zero-order valence-electron chi connectivity index (χ0n) is 20.3. The van der Waals surface area contributed by atoms with E-state index in [9.17, 15) is 9.59 Å². The first-order chi connectivity index (χ1) is 18.5. The van der Waals surface area contributed by atoms with Gasteiger partial charge in [-0.3, -0.25) is 9.69 Å². The van der Waals surface area contributed by atoms with E-state index < -0.39 is 6.09 Å². The molecule has 1 fully saturated rings. The summed E-state index contributed by atoms with van der Waals surface area (Å²) in [6.07, 6.45) is 4.12. The highest BCUT2D eigenvalue weighted by atomic mass is 35.5. The Hall–Kier alpha value is -4.34. The summed E-state index contributed by atoms with van der Waals surface area (Å²) in [5.74, 6) is 0.896. The number of nitrogens with zero attached hydrogens (tertiary/aromatic N) is 2. The van der Waals surface area contributed by atoms with Gasteiger partial charge in [-0.2, -0.15) is 0 Å². The van der Waals surface area contributed by atoms with Gasteiger partial charge < -0.3 is 24.9 Å². The molecule has 1 aliphatic rings. The van der Waals surface area contributed by atoms with E-state index in [-0.39, 0.29) is 18.5 Å². The molecule has 10 heteroatoms. The van der Waals surface area contributed by atoms with Crippen LogP contribution in [0.25, 0.3) is 17.0 Å². The molecule has 0 aliphatic carbocycles. The number of aromatic nitrogens is 1. The van der Waals surface area contributed by atoms with Gasteiger partial charge in [-0.15, -0.1) is 0 Å². The number of ether oxygens (including phenoxy) is 2. The fourth-order valence-electron chi connectivity index (χ4n) is 4.14. The van der Waals surface area contributed by atoms with Crippen LogP contribution < -0.4 is 15.8 Å². The third kappa shape index (κ3) is 5.96. The van der Waals surface area contributed by atoms with Gasteiger partial charge in [0.05, 0.1) is 30.8 Å². The smallest absolute Gasteiger partial charge is 0.415 e. The van der Waals surface area contributed by atoms with E-state index in [1.165, 1.54) is 12.1 Å². The number of anilines is 1. The lowest BCUT2D eigenvalue weighted by atomic mass is 10.1. The molecule has 4 aromatic rings. The number of amides is 2. The molecule has 2 aromatic heterocycles. The van der Waals surface area contributed by atoms with Gasteiger partial charge in [0, 0.05) is 30.3 Å². The number of nitrogens with one attached hydrogen (secondary N) is 1. The fraction of sp³-hybridized carbons (Fsp3) is 0.179. The van der Waals surface area contributed by atoms with Crippen molar-refractivity contribution in [2.45, 2.75) is 12.6 Å². The van der Waals surface area contributed by atoms with Crippen molar-refractivity contribution in [3.05, 3.63) is 94.8 Å². The Bertz CT molecular complexity index is 1470. The molecule has 0 radical (unpaired) electrons. The van der Waals surface area contributed by atoms with Crippen molar-refractivity contribution in [2.24, 2.45) is 0 Å². The maximum absolute atomic E-state index is 13.1. The van der Waals surface area contributed by atoms with Crippen LogP contribution in [0.4, 0.5) is 10.6 Å². The molecule has 3 heterocycles. The number of pyridine rings is 1. The van der Waals surface area contributed by atoms with E-state index in [0.717, 1.165) is 11.1 Å². The summed E-state index contributed by atoms with van der Waals surface area (Å²) in [6, 6.07) is 17.8. The van der Waals surface area contributed by atoms with Crippen LogP contribution in [0.1, 0.15) is 22.9 Å². The second-order valence-corrected chi connectivity index (χ2v) is 9.07. The molecule has 5 rings (SSSR count). The number of morpholine rings is 1. The van der Waals surface area contributed by atoms with Crippen LogP contribution in [0.5, 0.6) is 5.75 Å². The van der Waals surface area contributed by atoms with Gasteiger partial charge in [0.15, 0.2) is 5.58 Å². The first-order valence-electron chi connectivity index (χ1n) is 12.0. The predicted octanol–water partition coefficient (Wildman–Crippen LogP) is 4.97. The Morgan fingerprint density at radius 2 is 2.03 bits per heavy atom. The van der Waals surface area contributed by atoms with Crippen molar-refractivity contribution in [3.8, 4) is 5.75 Å². The van der Waals surface area contributed by atoms with Gasteiger partial charge in [0.25, 0.3) is 0 Å². The Morgan fingerprint density at radius 3 is 2.82 bits per heavy atom. The summed E-state index contributed by atoms with van der Waals surface area (Å²) < 4.78 is 17.1. The van der Waals surface area contributed by atoms with E-state index in [4.69, 9.17) is 31.2 Å². The number of nitrogen functional groups attached to an aromatic ring is 1. The Morgan fingerprint density at radius 1 is 1.18 bits per heavy atom. The maximum Gasteiger partial charge on any atom is 0.415 e. The van der Waals surface area contributed by atoms with Crippen LogP contribution in [0.15, 0.2) is 77.4 Å². The van der Waals surface area contributed by atoms with Crippen molar-refractivity contribution in [1.82, 2.24) is 15.2 Å². The standard InChI is InChI=1S/C28H25ClN4O5/c29-23-14-21(38-28(35)33-10-11-36-17-24(33)19-4-2-1-3-5-19)12-20-13-22(37-27(20)23)16-32-26(34)9-7-18-6-8-25(30)31-15-18/h1-9,12-15,24H,10-11,16-17H2,(H2,30,31)(H,32,34). The Kier molecular flexibility index (Phi) is 7.57. The molecule has 1 atom stereocenters. The lowest BCUT2D eigenvalue weighted by Gasteiger charge is -2.34. The highest BCUT2D eigenvalue weighted by molar-refractivity contribution is 6.35. The third-order valence-corrected chi connectivity index (χ3v) is 6.30. The molecular weight excluding hydrogens is 508 g/mol. The summed E-state index contributed by atoms with van der Waals surface area (Å²) in [7, 11) is 0. The van der Waals surface area contributed by atoms with Crippen molar-refractivity contribution in [1.29, 1.82) is 0 Å². The zero-order valence-corrected chi connectivity index (χ0v) is 21.1. The highest BCUT2D eigenvalue weighted by Crippen LogP contribution is 2.33.